The van der Waals surface area contributed by atoms with Gasteiger partial charge in [-0.3, -0.25) is 0 Å². The van der Waals surface area contributed by atoms with E-state index < -0.39 is 36.5 Å². The van der Waals surface area contributed by atoms with Crippen molar-refractivity contribution in [3.8, 4) is 11.5 Å². The van der Waals surface area contributed by atoms with E-state index in [0.717, 1.165) is 0 Å². The molecule has 0 spiro atoms. The third kappa shape index (κ3) is 4.44. The molecular weight excluding hydrogens is 364 g/mol. The van der Waals surface area contributed by atoms with E-state index in [1.165, 1.54) is 0 Å². The largest absolute Gasteiger partial charge is 0.497 e. The summed E-state index contributed by atoms with van der Waals surface area (Å²) in [5.41, 5.74) is 0.386. The Morgan fingerprint density at radius 2 is 1.71 bits per heavy atom. The third-order valence-electron chi connectivity index (χ3n) is 4.76. The molecule has 2 unspecified atom stereocenters. The van der Waals surface area contributed by atoms with E-state index in [0.29, 0.717) is 17.1 Å². The lowest BCUT2D eigenvalue weighted by Crippen LogP contribution is -2.57. The van der Waals surface area contributed by atoms with Gasteiger partial charge < -0.3 is 29.2 Å². The van der Waals surface area contributed by atoms with Crippen molar-refractivity contribution >= 4 is 5.97 Å². The zero-order valence-corrected chi connectivity index (χ0v) is 15.7. The first-order valence-electron chi connectivity index (χ1n) is 9.04. The summed E-state index contributed by atoms with van der Waals surface area (Å²) in [6.45, 7) is 1.34. The molecule has 28 heavy (non-hydrogen) atoms. The van der Waals surface area contributed by atoms with Gasteiger partial charge in [-0.25, -0.2) is 4.79 Å². The second kappa shape index (κ2) is 9.05. The predicted octanol–water partition coefficient (Wildman–Crippen LogP) is 2.01. The van der Waals surface area contributed by atoms with Gasteiger partial charge in [0.2, 0.25) is 6.29 Å². The summed E-state index contributed by atoms with van der Waals surface area (Å²) in [4.78, 5) is 12.5. The van der Waals surface area contributed by atoms with Gasteiger partial charge in [0.25, 0.3) is 0 Å². The molecule has 0 aliphatic carbocycles. The maximum atomic E-state index is 12.5. The molecule has 0 bridgehead atoms. The number of aliphatic hydroxyl groups excluding tert-OH is 2. The molecule has 2 aromatic rings. The zero-order valence-electron chi connectivity index (χ0n) is 15.7. The first kappa shape index (κ1) is 20.1. The Kier molecular flexibility index (Phi) is 6.51. The van der Waals surface area contributed by atoms with Crippen LogP contribution in [0, 0.1) is 5.92 Å². The molecule has 7 nitrogen and oxygen atoms in total. The minimum atomic E-state index is -1.01. The lowest BCUT2D eigenvalue weighted by molar-refractivity contribution is -0.260. The highest BCUT2D eigenvalue weighted by Crippen LogP contribution is 2.31. The molecule has 7 heteroatoms. The lowest BCUT2D eigenvalue weighted by Gasteiger charge is -2.42. The van der Waals surface area contributed by atoms with Crippen LogP contribution in [-0.4, -0.2) is 54.5 Å². The summed E-state index contributed by atoms with van der Waals surface area (Å²) in [6.07, 6.45) is -3.71. The second-order valence-electron chi connectivity index (χ2n) is 6.60. The standard InChI is InChI=1S/C21H24O7/c1-13-18(23)17(12-22)27-21(26-16-10-8-15(25-2)9-11-16)19(13)28-20(24)14-6-4-3-5-7-14/h3-11,13,17-19,21-23H,12H2,1-2H3/t13-,17?,18-,19?,21+/m0/s1. The van der Waals surface area contributed by atoms with Crippen molar-refractivity contribution < 1.29 is 34.0 Å². The molecule has 0 radical (unpaired) electrons. The molecule has 3 rings (SSSR count). The fourth-order valence-corrected chi connectivity index (χ4v) is 3.07. The van der Waals surface area contributed by atoms with E-state index in [1.807, 2.05) is 0 Å². The van der Waals surface area contributed by atoms with Gasteiger partial charge in [0.1, 0.15) is 17.6 Å². The molecule has 2 aromatic carbocycles. The summed E-state index contributed by atoms with van der Waals surface area (Å²) in [5.74, 6) is 0.0914. The third-order valence-corrected chi connectivity index (χ3v) is 4.76. The normalized spacial score (nSPS) is 27.1. The summed E-state index contributed by atoms with van der Waals surface area (Å²) in [6, 6.07) is 15.4. The SMILES string of the molecule is COc1ccc(O[C@@H]2OC(CO)[C@@H](O)[C@H](C)C2OC(=O)c2ccccc2)cc1. The molecule has 2 N–H and O–H groups in total. The van der Waals surface area contributed by atoms with E-state index in [1.54, 1.807) is 68.6 Å². The molecule has 0 saturated carbocycles. The number of carbonyl (C=O) groups is 1. The Hall–Kier alpha value is -2.61. The van der Waals surface area contributed by atoms with Crippen molar-refractivity contribution in [3.63, 3.8) is 0 Å². The maximum Gasteiger partial charge on any atom is 0.338 e. The molecule has 1 aliphatic heterocycles. The number of methoxy groups -OCH3 is 1. The van der Waals surface area contributed by atoms with Gasteiger partial charge >= 0.3 is 5.97 Å². The Morgan fingerprint density at radius 1 is 1.07 bits per heavy atom. The highest BCUT2D eigenvalue weighted by atomic mass is 16.7. The highest BCUT2D eigenvalue weighted by Gasteiger charge is 2.46. The van der Waals surface area contributed by atoms with Gasteiger partial charge in [-0.2, -0.15) is 0 Å². The van der Waals surface area contributed by atoms with Crippen LogP contribution >= 0.6 is 0 Å². The van der Waals surface area contributed by atoms with Gasteiger partial charge in [-0.05, 0) is 36.4 Å². The monoisotopic (exact) mass is 388 g/mol. The summed E-state index contributed by atoms with van der Waals surface area (Å²) < 4.78 is 22.3. The molecule has 1 fully saturated rings. The van der Waals surface area contributed by atoms with Crippen molar-refractivity contribution in [3.05, 3.63) is 60.2 Å². The van der Waals surface area contributed by atoms with Crippen LogP contribution in [0.5, 0.6) is 11.5 Å². The number of esters is 1. The lowest BCUT2D eigenvalue weighted by atomic mass is 9.90. The topological polar surface area (TPSA) is 94.5 Å². The van der Waals surface area contributed by atoms with E-state index >= 15 is 0 Å². The summed E-state index contributed by atoms with van der Waals surface area (Å²) >= 11 is 0. The Labute approximate surface area is 163 Å². The fraction of sp³-hybridized carbons (Fsp3) is 0.381. The maximum absolute atomic E-state index is 12.5. The second-order valence-corrected chi connectivity index (χ2v) is 6.60. The molecule has 5 atom stereocenters. The van der Waals surface area contributed by atoms with Crippen molar-refractivity contribution in [1.82, 2.24) is 0 Å². The van der Waals surface area contributed by atoms with Gasteiger partial charge in [-0.1, -0.05) is 25.1 Å². The number of benzene rings is 2. The van der Waals surface area contributed by atoms with Crippen molar-refractivity contribution in [1.29, 1.82) is 0 Å². The molecule has 150 valence electrons. The minimum absolute atomic E-state index is 0.382. The van der Waals surface area contributed by atoms with Crippen molar-refractivity contribution in [2.24, 2.45) is 5.92 Å². The average molecular weight is 388 g/mol. The molecule has 0 amide bonds. The Bertz CT molecular complexity index is 762. The first-order chi connectivity index (χ1) is 13.5. The first-order valence-corrected chi connectivity index (χ1v) is 9.04. The highest BCUT2D eigenvalue weighted by molar-refractivity contribution is 5.89. The zero-order chi connectivity index (χ0) is 20.1. The minimum Gasteiger partial charge on any atom is -0.497 e. The number of hydrogen-bond donors (Lipinski definition) is 2. The number of hydrogen-bond acceptors (Lipinski definition) is 7. The molecule has 1 aliphatic rings. The van der Waals surface area contributed by atoms with E-state index in [4.69, 9.17) is 18.9 Å². The van der Waals surface area contributed by atoms with Gasteiger partial charge in [0.05, 0.1) is 25.4 Å². The number of ether oxygens (including phenoxy) is 4. The van der Waals surface area contributed by atoms with Crippen LogP contribution in [-0.2, 0) is 9.47 Å². The van der Waals surface area contributed by atoms with Crippen LogP contribution in [0.2, 0.25) is 0 Å². The number of aliphatic hydroxyl groups is 2. The van der Waals surface area contributed by atoms with Gasteiger partial charge in [-0.15, -0.1) is 0 Å². The van der Waals surface area contributed by atoms with E-state index in [2.05, 4.69) is 0 Å². The van der Waals surface area contributed by atoms with E-state index in [-0.39, 0.29) is 6.61 Å². The Morgan fingerprint density at radius 3 is 2.32 bits per heavy atom. The van der Waals surface area contributed by atoms with Crippen LogP contribution in [0.3, 0.4) is 0 Å². The fourth-order valence-electron chi connectivity index (χ4n) is 3.07. The van der Waals surface area contributed by atoms with Crippen LogP contribution < -0.4 is 9.47 Å². The molecular formula is C21H24O7. The summed E-state index contributed by atoms with van der Waals surface area (Å²) in [7, 11) is 1.56. The van der Waals surface area contributed by atoms with Gasteiger partial charge in [0.15, 0.2) is 6.10 Å². The number of carbonyl (C=O) groups excluding carboxylic acids is 1. The summed E-state index contributed by atoms with van der Waals surface area (Å²) in [5, 5.41) is 19.9. The molecule has 1 saturated heterocycles. The molecule has 1 heterocycles. The van der Waals surface area contributed by atoms with Gasteiger partial charge in [0, 0.05) is 5.92 Å². The van der Waals surface area contributed by atoms with Crippen molar-refractivity contribution in [2.45, 2.75) is 31.5 Å². The molecule has 0 aromatic heterocycles. The van der Waals surface area contributed by atoms with Crippen LogP contribution in [0.4, 0.5) is 0 Å². The smallest absolute Gasteiger partial charge is 0.338 e. The quantitative estimate of drug-likeness (QED) is 0.731. The predicted molar refractivity (Wildman–Crippen MR) is 100 cm³/mol. The Balaban J connectivity index is 1.80. The average Bonchev–Trinajstić information content (AvgIpc) is 2.74. The van der Waals surface area contributed by atoms with Crippen LogP contribution in [0.15, 0.2) is 54.6 Å². The van der Waals surface area contributed by atoms with E-state index in [9.17, 15) is 15.0 Å². The number of rotatable bonds is 6. The van der Waals surface area contributed by atoms with Crippen LogP contribution in [0.25, 0.3) is 0 Å². The van der Waals surface area contributed by atoms with Crippen LogP contribution in [0.1, 0.15) is 17.3 Å². The van der Waals surface area contributed by atoms with Crippen molar-refractivity contribution in [2.75, 3.05) is 13.7 Å².